The molecule has 1 fully saturated rings. The smallest absolute Gasteiger partial charge is 0.303 e. The van der Waals surface area contributed by atoms with Gasteiger partial charge in [0.1, 0.15) is 5.78 Å². The third kappa shape index (κ3) is 13.6. The number of carboxylic acids is 1. The van der Waals surface area contributed by atoms with E-state index in [1.165, 1.54) is 25.7 Å². The lowest BCUT2D eigenvalue weighted by Gasteiger charge is -1.98. The maximum absolute atomic E-state index is 11.0. The zero-order chi connectivity index (χ0) is 16.6. The fourth-order valence-electron chi connectivity index (χ4n) is 2.35. The summed E-state index contributed by atoms with van der Waals surface area (Å²) in [6.07, 6.45) is 18.1. The fraction of sp³-hybridized carbons (Fsp3) is 0.684. The van der Waals surface area contributed by atoms with Crippen molar-refractivity contribution in [2.45, 2.75) is 78.1 Å². The van der Waals surface area contributed by atoms with Gasteiger partial charge >= 0.3 is 5.97 Å². The summed E-state index contributed by atoms with van der Waals surface area (Å²) in [6, 6.07) is 0. The molecular formula is C19H32O3. The molecule has 0 aromatic rings. The number of hydrogen-bond donors (Lipinski definition) is 1. The summed E-state index contributed by atoms with van der Waals surface area (Å²) in [5.41, 5.74) is 0. The van der Waals surface area contributed by atoms with Gasteiger partial charge < -0.3 is 5.11 Å². The third-order valence-corrected chi connectivity index (χ3v) is 3.66. The Kier molecular flexibility index (Phi) is 13.6. The van der Waals surface area contributed by atoms with Crippen LogP contribution < -0.4 is 0 Å². The molecule has 0 aromatic heterocycles. The minimum absolute atomic E-state index is 0.282. The highest BCUT2D eigenvalue weighted by Crippen LogP contribution is 2.23. The van der Waals surface area contributed by atoms with Crippen LogP contribution in [0.5, 0.6) is 0 Å². The number of unbranched alkanes of at least 4 members (excludes halogenated alkanes) is 4. The molecule has 1 saturated carbocycles. The zero-order valence-electron chi connectivity index (χ0n) is 14.2. The van der Waals surface area contributed by atoms with Crippen LogP contribution in [0.3, 0.4) is 0 Å². The van der Waals surface area contributed by atoms with E-state index < -0.39 is 5.97 Å². The van der Waals surface area contributed by atoms with Crippen LogP contribution in [0.1, 0.15) is 78.1 Å². The summed E-state index contributed by atoms with van der Waals surface area (Å²) in [4.78, 5) is 20.9. The summed E-state index contributed by atoms with van der Waals surface area (Å²) in [6.45, 7) is 4.15. The normalized spacial score (nSPS) is 17.9. The van der Waals surface area contributed by atoms with Crippen molar-refractivity contribution in [3.63, 3.8) is 0 Å². The maximum Gasteiger partial charge on any atom is 0.303 e. The lowest BCUT2D eigenvalue weighted by atomic mass is 10.1. The van der Waals surface area contributed by atoms with E-state index >= 15 is 0 Å². The van der Waals surface area contributed by atoms with Crippen LogP contribution in [0.15, 0.2) is 24.3 Å². The average molecular weight is 308 g/mol. The molecular weight excluding hydrogens is 276 g/mol. The van der Waals surface area contributed by atoms with Crippen molar-refractivity contribution >= 4 is 11.8 Å². The number of aliphatic carboxylic acids is 1. The van der Waals surface area contributed by atoms with Gasteiger partial charge in [-0.1, -0.05) is 44.1 Å². The van der Waals surface area contributed by atoms with Crippen LogP contribution in [0, 0.1) is 5.92 Å². The Morgan fingerprint density at radius 2 is 1.95 bits per heavy atom. The van der Waals surface area contributed by atoms with E-state index in [9.17, 15) is 9.59 Å². The van der Waals surface area contributed by atoms with Crippen molar-refractivity contribution < 1.29 is 14.7 Å². The zero-order valence-corrected chi connectivity index (χ0v) is 14.2. The Labute approximate surface area is 135 Å². The quantitative estimate of drug-likeness (QED) is 0.464. The monoisotopic (exact) mass is 308 g/mol. The van der Waals surface area contributed by atoms with E-state index in [0.717, 1.165) is 32.1 Å². The van der Waals surface area contributed by atoms with E-state index in [0.29, 0.717) is 11.7 Å². The molecule has 0 saturated heterocycles. The number of carboxylic acid groups (broad SMARTS) is 1. The molecule has 3 nitrogen and oxygen atoms in total. The first-order valence-electron chi connectivity index (χ1n) is 8.61. The van der Waals surface area contributed by atoms with E-state index in [2.05, 4.69) is 19.1 Å². The van der Waals surface area contributed by atoms with Gasteiger partial charge in [0.25, 0.3) is 0 Å². The Balaban J connectivity index is 0.000000433. The third-order valence-electron chi connectivity index (χ3n) is 3.66. The first-order valence-corrected chi connectivity index (χ1v) is 8.61. The Hall–Kier alpha value is -1.38. The summed E-state index contributed by atoms with van der Waals surface area (Å²) in [5.74, 6) is 0.303. The molecule has 0 bridgehead atoms. The second-order valence-electron chi connectivity index (χ2n) is 5.82. The number of Topliss-reactive ketones (excluding diaryl/α,β-unsaturated/α-hetero) is 1. The number of allylic oxidation sites excluding steroid dienone is 4. The standard InChI is InChI=1S/C12H20O.C7H12O2/c1-2-3-4-5-6-7-11-8-9-12(13)10-11;1-2-3-4-5-6-7(8)9/h6-7,11H,2-5,8-10H2,1H3;2-3H,4-6H2,1H3,(H,8,9)/b7-6+;3-2-. The second kappa shape index (κ2) is 14.6. The Morgan fingerprint density at radius 3 is 2.50 bits per heavy atom. The molecule has 1 N–H and O–H groups in total. The largest absolute Gasteiger partial charge is 0.481 e. The number of hydrogen-bond acceptors (Lipinski definition) is 2. The van der Waals surface area contributed by atoms with E-state index in [1.807, 2.05) is 19.1 Å². The predicted molar refractivity (Wildman–Crippen MR) is 91.9 cm³/mol. The summed E-state index contributed by atoms with van der Waals surface area (Å²) >= 11 is 0. The molecule has 0 aliphatic heterocycles. The van der Waals surface area contributed by atoms with E-state index in [-0.39, 0.29) is 6.42 Å². The van der Waals surface area contributed by atoms with Crippen LogP contribution in [0.2, 0.25) is 0 Å². The van der Waals surface area contributed by atoms with Gasteiger partial charge in [-0.05, 0) is 44.9 Å². The molecule has 1 aliphatic carbocycles. The summed E-state index contributed by atoms with van der Waals surface area (Å²) in [7, 11) is 0. The Morgan fingerprint density at radius 1 is 1.23 bits per heavy atom. The molecule has 3 heteroatoms. The first kappa shape index (κ1) is 20.6. The summed E-state index contributed by atoms with van der Waals surface area (Å²) in [5, 5.41) is 8.19. The molecule has 0 aromatic carbocycles. The number of rotatable bonds is 9. The molecule has 0 spiro atoms. The van der Waals surface area contributed by atoms with Crippen LogP contribution in [-0.4, -0.2) is 16.9 Å². The topological polar surface area (TPSA) is 54.4 Å². The maximum atomic E-state index is 11.0. The van der Waals surface area contributed by atoms with Crippen molar-refractivity contribution in [2.24, 2.45) is 5.92 Å². The number of carbonyl (C=O) groups is 2. The molecule has 1 unspecified atom stereocenters. The fourth-order valence-corrected chi connectivity index (χ4v) is 2.35. The highest BCUT2D eigenvalue weighted by atomic mass is 16.4. The van der Waals surface area contributed by atoms with Crippen molar-refractivity contribution in [3.05, 3.63) is 24.3 Å². The van der Waals surface area contributed by atoms with Gasteiger partial charge in [0.05, 0.1) is 0 Å². The van der Waals surface area contributed by atoms with Crippen LogP contribution in [-0.2, 0) is 9.59 Å². The minimum atomic E-state index is -0.709. The lowest BCUT2D eigenvalue weighted by Crippen LogP contribution is -1.92. The van der Waals surface area contributed by atoms with Gasteiger partial charge in [-0.25, -0.2) is 0 Å². The van der Waals surface area contributed by atoms with Crippen molar-refractivity contribution in [2.75, 3.05) is 0 Å². The van der Waals surface area contributed by atoms with Crippen LogP contribution in [0.25, 0.3) is 0 Å². The molecule has 0 heterocycles. The van der Waals surface area contributed by atoms with Gasteiger partial charge in [-0.3, -0.25) is 9.59 Å². The van der Waals surface area contributed by atoms with E-state index in [1.54, 1.807) is 0 Å². The van der Waals surface area contributed by atoms with Crippen molar-refractivity contribution in [1.82, 2.24) is 0 Å². The first-order chi connectivity index (χ1) is 10.6. The number of carbonyl (C=O) groups excluding carboxylic acids is 1. The molecule has 0 amide bonds. The highest BCUT2D eigenvalue weighted by molar-refractivity contribution is 5.80. The van der Waals surface area contributed by atoms with Gasteiger partial charge in [-0.15, -0.1) is 0 Å². The number of ketones is 1. The molecule has 126 valence electrons. The predicted octanol–water partition coefficient (Wildman–Crippen LogP) is 5.31. The SMILES string of the molecule is C/C=C\CCCC(=O)O.CCCCC/C=C/C1CCC(=O)C1. The van der Waals surface area contributed by atoms with Crippen LogP contribution >= 0.6 is 0 Å². The lowest BCUT2D eigenvalue weighted by molar-refractivity contribution is -0.137. The minimum Gasteiger partial charge on any atom is -0.481 e. The Bertz CT molecular complexity index is 356. The average Bonchev–Trinajstić information content (AvgIpc) is 2.90. The molecule has 22 heavy (non-hydrogen) atoms. The van der Waals surface area contributed by atoms with Gasteiger partial charge in [-0.2, -0.15) is 0 Å². The molecule has 1 rings (SSSR count). The van der Waals surface area contributed by atoms with Gasteiger partial charge in [0.15, 0.2) is 0 Å². The molecule has 0 radical (unpaired) electrons. The molecule has 1 aliphatic rings. The van der Waals surface area contributed by atoms with E-state index in [4.69, 9.17) is 5.11 Å². The van der Waals surface area contributed by atoms with Crippen LogP contribution in [0.4, 0.5) is 0 Å². The highest BCUT2D eigenvalue weighted by Gasteiger charge is 2.18. The van der Waals surface area contributed by atoms with Crippen molar-refractivity contribution in [3.8, 4) is 0 Å². The summed E-state index contributed by atoms with van der Waals surface area (Å²) < 4.78 is 0. The van der Waals surface area contributed by atoms with Gasteiger partial charge in [0.2, 0.25) is 0 Å². The van der Waals surface area contributed by atoms with Gasteiger partial charge in [0, 0.05) is 19.3 Å². The second-order valence-corrected chi connectivity index (χ2v) is 5.82. The van der Waals surface area contributed by atoms with Crippen molar-refractivity contribution in [1.29, 1.82) is 0 Å². The molecule has 1 atom stereocenters.